The quantitative estimate of drug-likeness (QED) is 0.735. The lowest BCUT2D eigenvalue weighted by atomic mass is 10.3. The summed E-state index contributed by atoms with van der Waals surface area (Å²) in [7, 11) is -0.775. The number of methoxy groups -OCH3 is 2. The zero-order chi connectivity index (χ0) is 15.2. The summed E-state index contributed by atoms with van der Waals surface area (Å²) < 4.78 is 42.3. The number of hydrogen-bond donors (Lipinski definition) is 1. The van der Waals surface area contributed by atoms with Crippen molar-refractivity contribution in [3.63, 3.8) is 0 Å². The van der Waals surface area contributed by atoms with Gasteiger partial charge in [-0.25, -0.2) is 13.1 Å². The minimum absolute atomic E-state index is 0.0453. The molecule has 0 aliphatic rings. The molecule has 7 heteroatoms. The molecule has 0 saturated carbocycles. The Bertz CT molecular complexity index is 528. The molecule has 114 valence electrons. The first-order valence-electron chi connectivity index (χ1n) is 6.24. The van der Waals surface area contributed by atoms with Crippen molar-refractivity contribution < 1.29 is 22.6 Å². The molecule has 1 aromatic carbocycles. The highest BCUT2D eigenvalue weighted by atomic mass is 32.2. The minimum Gasteiger partial charge on any atom is -0.497 e. The topological polar surface area (TPSA) is 73.9 Å². The van der Waals surface area contributed by atoms with Crippen LogP contribution in [0.2, 0.25) is 0 Å². The molecular weight excluding hydrogens is 282 g/mol. The molecule has 1 rings (SSSR count). The highest BCUT2D eigenvalue weighted by Gasteiger charge is 2.20. The minimum atomic E-state index is -3.67. The molecule has 0 bridgehead atoms. The van der Waals surface area contributed by atoms with Gasteiger partial charge in [0.25, 0.3) is 0 Å². The molecule has 1 N–H and O–H groups in total. The third kappa shape index (κ3) is 4.66. The van der Waals surface area contributed by atoms with E-state index in [0.717, 1.165) is 0 Å². The monoisotopic (exact) mass is 303 g/mol. The van der Waals surface area contributed by atoms with E-state index in [1.807, 2.05) is 13.8 Å². The summed E-state index contributed by atoms with van der Waals surface area (Å²) in [5.41, 5.74) is 0. The van der Waals surface area contributed by atoms with Crippen molar-refractivity contribution in [3.05, 3.63) is 18.2 Å². The van der Waals surface area contributed by atoms with Gasteiger partial charge in [0.1, 0.15) is 16.4 Å². The Labute approximate surface area is 120 Å². The molecule has 0 fully saturated rings. The highest BCUT2D eigenvalue weighted by Crippen LogP contribution is 2.27. The second-order valence-electron chi connectivity index (χ2n) is 4.33. The summed E-state index contributed by atoms with van der Waals surface area (Å²) >= 11 is 0. The Balaban J connectivity index is 2.85. The van der Waals surface area contributed by atoms with E-state index in [-0.39, 0.29) is 23.3 Å². The molecule has 0 radical (unpaired) electrons. The van der Waals surface area contributed by atoms with Crippen LogP contribution >= 0.6 is 0 Å². The van der Waals surface area contributed by atoms with Gasteiger partial charge >= 0.3 is 0 Å². The van der Waals surface area contributed by atoms with Crippen LogP contribution < -0.4 is 14.2 Å². The molecule has 1 aromatic rings. The number of rotatable bonds is 8. The van der Waals surface area contributed by atoms with E-state index in [1.165, 1.54) is 20.3 Å². The van der Waals surface area contributed by atoms with Gasteiger partial charge in [-0.3, -0.25) is 0 Å². The molecule has 0 saturated heterocycles. The van der Waals surface area contributed by atoms with Crippen molar-refractivity contribution in [2.75, 3.05) is 27.4 Å². The maximum atomic E-state index is 12.2. The maximum absolute atomic E-state index is 12.2. The predicted molar refractivity (Wildman–Crippen MR) is 75.8 cm³/mol. The fourth-order valence-electron chi connectivity index (χ4n) is 1.54. The van der Waals surface area contributed by atoms with E-state index in [4.69, 9.17) is 14.2 Å². The SMILES string of the molecule is COc1ccc(OC)c(S(=O)(=O)NCCOC(C)C)c1. The van der Waals surface area contributed by atoms with Crippen molar-refractivity contribution in [2.24, 2.45) is 0 Å². The summed E-state index contributed by atoms with van der Waals surface area (Å²) in [5.74, 6) is 0.715. The molecule has 0 amide bonds. The summed E-state index contributed by atoms with van der Waals surface area (Å²) in [6.07, 6.45) is 0.0610. The van der Waals surface area contributed by atoms with E-state index < -0.39 is 10.0 Å². The van der Waals surface area contributed by atoms with Gasteiger partial charge in [0.05, 0.1) is 26.9 Å². The van der Waals surface area contributed by atoms with Gasteiger partial charge in [-0.2, -0.15) is 0 Å². The largest absolute Gasteiger partial charge is 0.497 e. The summed E-state index contributed by atoms with van der Waals surface area (Å²) in [5, 5.41) is 0. The van der Waals surface area contributed by atoms with Gasteiger partial charge in [-0.15, -0.1) is 0 Å². The third-order valence-corrected chi connectivity index (χ3v) is 3.99. The Morgan fingerprint density at radius 3 is 2.45 bits per heavy atom. The highest BCUT2D eigenvalue weighted by molar-refractivity contribution is 7.89. The van der Waals surface area contributed by atoms with Gasteiger partial charge in [0.15, 0.2) is 0 Å². The van der Waals surface area contributed by atoms with Crippen molar-refractivity contribution in [1.29, 1.82) is 0 Å². The van der Waals surface area contributed by atoms with Crippen LogP contribution in [-0.4, -0.2) is 41.9 Å². The lowest BCUT2D eigenvalue weighted by molar-refractivity contribution is 0.0834. The molecule has 0 spiro atoms. The van der Waals surface area contributed by atoms with Crippen LogP contribution in [0.25, 0.3) is 0 Å². The lowest BCUT2D eigenvalue weighted by Gasteiger charge is -2.13. The predicted octanol–water partition coefficient (Wildman–Crippen LogP) is 1.41. The normalized spacial score (nSPS) is 11.7. The smallest absolute Gasteiger partial charge is 0.244 e. The van der Waals surface area contributed by atoms with Crippen molar-refractivity contribution in [2.45, 2.75) is 24.8 Å². The van der Waals surface area contributed by atoms with Crippen LogP contribution in [0.15, 0.2) is 23.1 Å². The average Bonchev–Trinajstić information content (AvgIpc) is 2.42. The Morgan fingerprint density at radius 2 is 1.90 bits per heavy atom. The Morgan fingerprint density at radius 1 is 1.20 bits per heavy atom. The molecule has 0 heterocycles. The average molecular weight is 303 g/mol. The summed E-state index contributed by atoms with van der Waals surface area (Å²) in [6, 6.07) is 4.61. The van der Waals surface area contributed by atoms with E-state index in [2.05, 4.69) is 4.72 Å². The molecule has 6 nitrogen and oxygen atoms in total. The maximum Gasteiger partial charge on any atom is 0.244 e. The second-order valence-corrected chi connectivity index (χ2v) is 6.07. The van der Waals surface area contributed by atoms with Crippen LogP contribution in [0.5, 0.6) is 11.5 Å². The van der Waals surface area contributed by atoms with Gasteiger partial charge in [0.2, 0.25) is 10.0 Å². The van der Waals surface area contributed by atoms with Gasteiger partial charge in [-0.1, -0.05) is 0 Å². The first kappa shape index (κ1) is 16.7. The lowest BCUT2D eigenvalue weighted by Crippen LogP contribution is -2.28. The number of hydrogen-bond acceptors (Lipinski definition) is 5. The number of nitrogens with one attached hydrogen (secondary N) is 1. The molecule has 0 aliphatic carbocycles. The van der Waals surface area contributed by atoms with E-state index >= 15 is 0 Å². The fourth-order valence-corrected chi connectivity index (χ4v) is 2.74. The van der Waals surface area contributed by atoms with Crippen molar-refractivity contribution in [3.8, 4) is 11.5 Å². The zero-order valence-corrected chi connectivity index (χ0v) is 13.0. The molecule has 20 heavy (non-hydrogen) atoms. The number of sulfonamides is 1. The first-order valence-corrected chi connectivity index (χ1v) is 7.72. The van der Waals surface area contributed by atoms with Crippen molar-refractivity contribution >= 4 is 10.0 Å². The van der Waals surface area contributed by atoms with Crippen LogP contribution in [-0.2, 0) is 14.8 Å². The molecular formula is C13H21NO5S. The fraction of sp³-hybridized carbons (Fsp3) is 0.538. The van der Waals surface area contributed by atoms with Crippen molar-refractivity contribution in [1.82, 2.24) is 4.72 Å². The van der Waals surface area contributed by atoms with E-state index in [0.29, 0.717) is 12.4 Å². The van der Waals surface area contributed by atoms with Gasteiger partial charge in [0, 0.05) is 12.6 Å². The van der Waals surface area contributed by atoms with E-state index in [9.17, 15) is 8.42 Å². The standard InChI is InChI=1S/C13H21NO5S/c1-10(2)19-8-7-14-20(15,16)13-9-11(17-3)5-6-12(13)18-4/h5-6,9-10,14H,7-8H2,1-4H3. The second kappa shape index (κ2) is 7.47. The molecule has 0 atom stereocenters. The van der Waals surface area contributed by atoms with Crippen LogP contribution in [0, 0.1) is 0 Å². The number of ether oxygens (including phenoxy) is 3. The number of benzene rings is 1. The molecule has 0 aromatic heterocycles. The third-order valence-electron chi connectivity index (χ3n) is 2.51. The Hall–Kier alpha value is -1.31. The van der Waals surface area contributed by atoms with Gasteiger partial charge < -0.3 is 14.2 Å². The first-order chi connectivity index (χ1) is 9.40. The Kier molecular flexibility index (Phi) is 6.25. The van der Waals surface area contributed by atoms with Gasteiger partial charge in [-0.05, 0) is 26.0 Å². The van der Waals surface area contributed by atoms with Crippen LogP contribution in [0.1, 0.15) is 13.8 Å². The summed E-state index contributed by atoms with van der Waals surface area (Å²) in [4.78, 5) is 0.0453. The summed E-state index contributed by atoms with van der Waals surface area (Å²) in [6.45, 7) is 4.28. The van der Waals surface area contributed by atoms with Crippen LogP contribution in [0.3, 0.4) is 0 Å². The van der Waals surface area contributed by atoms with Crippen LogP contribution in [0.4, 0.5) is 0 Å². The zero-order valence-electron chi connectivity index (χ0n) is 12.2. The molecule has 0 unspecified atom stereocenters. The molecule has 0 aliphatic heterocycles. The van der Waals surface area contributed by atoms with E-state index in [1.54, 1.807) is 12.1 Å².